The molecule has 30 heavy (non-hydrogen) atoms. The normalized spacial score (nSPS) is 14.4. The Bertz CT molecular complexity index is 1010. The molecule has 0 aromatic heterocycles. The fraction of sp³-hybridized carbons (Fsp3) is 0.200. The molecule has 0 spiro atoms. The molecule has 3 aromatic rings. The van der Waals surface area contributed by atoms with Crippen molar-refractivity contribution in [3.05, 3.63) is 95.8 Å². The first-order valence-electron chi connectivity index (χ1n) is 10.1. The highest BCUT2D eigenvalue weighted by molar-refractivity contribution is 5.95. The molecule has 1 aliphatic rings. The van der Waals surface area contributed by atoms with Gasteiger partial charge in [-0.25, -0.2) is 4.39 Å². The maximum atomic E-state index is 13.0. The van der Waals surface area contributed by atoms with E-state index in [-0.39, 0.29) is 23.7 Å². The average Bonchev–Trinajstić information content (AvgIpc) is 2.80. The lowest BCUT2D eigenvalue weighted by atomic mass is 10.0. The Balaban J connectivity index is 1.32. The smallest absolute Gasteiger partial charge is 0.253 e. The first-order chi connectivity index (χ1) is 14.6. The van der Waals surface area contributed by atoms with Crippen LogP contribution >= 0.6 is 0 Å². The average molecular weight is 402 g/mol. The van der Waals surface area contributed by atoms with E-state index in [9.17, 15) is 14.0 Å². The van der Waals surface area contributed by atoms with Gasteiger partial charge in [0.05, 0.1) is 0 Å². The van der Waals surface area contributed by atoms with Gasteiger partial charge in [0.15, 0.2) is 0 Å². The fourth-order valence-electron chi connectivity index (χ4n) is 3.72. The van der Waals surface area contributed by atoms with Crippen LogP contribution in [0.25, 0.3) is 11.1 Å². The van der Waals surface area contributed by atoms with Crippen LogP contribution in [0.2, 0.25) is 0 Å². The summed E-state index contributed by atoms with van der Waals surface area (Å²) in [5.41, 5.74) is 3.31. The van der Waals surface area contributed by atoms with Crippen LogP contribution in [-0.2, 0) is 0 Å². The van der Waals surface area contributed by atoms with Gasteiger partial charge in [-0.1, -0.05) is 42.5 Å². The lowest BCUT2D eigenvalue weighted by molar-refractivity contribution is 0.0698. The highest BCUT2D eigenvalue weighted by Crippen LogP contribution is 2.21. The monoisotopic (exact) mass is 402 g/mol. The Morgan fingerprint density at radius 3 is 1.97 bits per heavy atom. The highest BCUT2D eigenvalue weighted by Gasteiger charge is 2.25. The third-order valence-electron chi connectivity index (χ3n) is 5.46. The number of nitrogens with zero attached hydrogens (tertiary/aromatic N) is 1. The van der Waals surface area contributed by atoms with Gasteiger partial charge in [-0.2, -0.15) is 0 Å². The molecule has 3 aromatic carbocycles. The summed E-state index contributed by atoms with van der Waals surface area (Å²) in [5, 5.41) is 2.98. The predicted octanol–water partition coefficient (Wildman–Crippen LogP) is 4.53. The van der Waals surface area contributed by atoms with Crippen molar-refractivity contribution in [3.63, 3.8) is 0 Å². The second kappa shape index (κ2) is 8.91. The molecule has 4 nitrogen and oxygen atoms in total. The minimum absolute atomic E-state index is 0.00654. The van der Waals surface area contributed by atoms with Gasteiger partial charge in [-0.05, 0) is 60.4 Å². The van der Waals surface area contributed by atoms with E-state index in [0.717, 1.165) is 11.1 Å². The lowest BCUT2D eigenvalue weighted by Gasteiger charge is -2.32. The number of carbonyl (C=O) groups excluding carboxylic acids is 2. The first kappa shape index (κ1) is 19.8. The molecule has 5 heteroatoms. The molecular weight excluding hydrogens is 379 g/mol. The number of halogens is 1. The van der Waals surface area contributed by atoms with E-state index >= 15 is 0 Å². The molecule has 4 rings (SSSR count). The quantitative estimate of drug-likeness (QED) is 0.697. The zero-order valence-corrected chi connectivity index (χ0v) is 16.6. The summed E-state index contributed by atoms with van der Waals surface area (Å²) >= 11 is 0. The van der Waals surface area contributed by atoms with Crippen molar-refractivity contribution >= 4 is 11.8 Å². The number of hydrogen-bond donors (Lipinski definition) is 1. The van der Waals surface area contributed by atoms with Gasteiger partial charge >= 0.3 is 0 Å². The van der Waals surface area contributed by atoms with Crippen LogP contribution in [0, 0.1) is 5.82 Å². The van der Waals surface area contributed by atoms with Crippen LogP contribution in [-0.4, -0.2) is 35.8 Å². The van der Waals surface area contributed by atoms with E-state index in [2.05, 4.69) is 5.32 Å². The van der Waals surface area contributed by atoms with Crippen molar-refractivity contribution in [2.75, 3.05) is 13.1 Å². The molecule has 1 aliphatic heterocycles. The zero-order valence-electron chi connectivity index (χ0n) is 16.6. The van der Waals surface area contributed by atoms with E-state index in [1.165, 1.54) is 24.3 Å². The minimum Gasteiger partial charge on any atom is -0.349 e. The predicted molar refractivity (Wildman–Crippen MR) is 115 cm³/mol. The number of piperidine rings is 1. The molecule has 0 unspecified atom stereocenters. The van der Waals surface area contributed by atoms with Gasteiger partial charge in [-0.3, -0.25) is 9.59 Å². The van der Waals surface area contributed by atoms with Gasteiger partial charge in [0.2, 0.25) is 0 Å². The molecule has 1 N–H and O–H groups in total. The van der Waals surface area contributed by atoms with Crippen molar-refractivity contribution < 1.29 is 14.0 Å². The van der Waals surface area contributed by atoms with Gasteiger partial charge < -0.3 is 10.2 Å². The molecule has 0 saturated carbocycles. The van der Waals surface area contributed by atoms with Gasteiger partial charge in [0, 0.05) is 30.3 Å². The maximum absolute atomic E-state index is 13.0. The van der Waals surface area contributed by atoms with Gasteiger partial charge in [-0.15, -0.1) is 0 Å². The molecule has 0 atom stereocenters. The second-order valence-electron chi connectivity index (χ2n) is 7.49. The van der Waals surface area contributed by atoms with Crippen molar-refractivity contribution in [1.82, 2.24) is 10.2 Å². The zero-order chi connectivity index (χ0) is 20.9. The molecule has 2 amide bonds. The highest BCUT2D eigenvalue weighted by atomic mass is 19.1. The summed E-state index contributed by atoms with van der Waals surface area (Å²) in [6.07, 6.45) is 1.39. The van der Waals surface area contributed by atoms with Gasteiger partial charge in [0.25, 0.3) is 11.8 Å². The number of nitrogens with one attached hydrogen (secondary N) is 1. The van der Waals surface area contributed by atoms with E-state index in [4.69, 9.17) is 0 Å². The Labute approximate surface area is 175 Å². The van der Waals surface area contributed by atoms with Crippen LogP contribution < -0.4 is 5.32 Å². The third-order valence-corrected chi connectivity index (χ3v) is 5.46. The standard InChI is InChI=1S/C25H23FN2O2/c26-22-12-10-20(11-13-22)24(29)27-23-14-16-28(17-15-23)25(30)21-8-6-19(7-9-21)18-4-2-1-3-5-18/h1-13,23H,14-17H2,(H,27,29). The number of hydrogen-bond acceptors (Lipinski definition) is 2. The second-order valence-corrected chi connectivity index (χ2v) is 7.49. The fourth-order valence-corrected chi connectivity index (χ4v) is 3.72. The van der Waals surface area contributed by atoms with Crippen molar-refractivity contribution in [1.29, 1.82) is 0 Å². The van der Waals surface area contributed by atoms with Crippen molar-refractivity contribution in [3.8, 4) is 11.1 Å². The number of benzene rings is 3. The van der Waals surface area contributed by atoms with E-state index in [1.807, 2.05) is 59.5 Å². The number of likely N-dealkylation sites (tertiary alicyclic amines) is 1. The number of rotatable bonds is 4. The van der Waals surface area contributed by atoms with Crippen molar-refractivity contribution in [2.24, 2.45) is 0 Å². The molecule has 0 radical (unpaired) electrons. The summed E-state index contributed by atoms with van der Waals surface area (Å²) in [4.78, 5) is 27.0. The maximum Gasteiger partial charge on any atom is 0.253 e. The van der Waals surface area contributed by atoms with Crippen LogP contribution in [0.1, 0.15) is 33.6 Å². The Morgan fingerprint density at radius 2 is 1.33 bits per heavy atom. The molecule has 152 valence electrons. The first-order valence-corrected chi connectivity index (χ1v) is 10.1. The molecule has 1 fully saturated rings. The lowest BCUT2D eigenvalue weighted by Crippen LogP contribution is -2.46. The van der Waals surface area contributed by atoms with E-state index in [1.54, 1.807) is 0 Å². The van der Waals surface area contributed by atoms with Gasteiger partial charge in [0.1, 0.15) is 5.82 Å². The molecular formula is C25H23FN2O2. The summed E-state index contributed by atoms with van der Waals surface area (Å²) in [7, 11) is 0. The van der Waals surface area contributed by atoms with Crippen LogP contribution in [0.5, 0.6) is 0 Å². The summed E-state index contributed by atoms with van der Waals surface area (Å²) in [5.74, 6) is -0.565. The SMILES string of the molecule is O=C(NC1CCN(C(=O)c2ccc(-c3ccccc3)cc2)CC1)c1ccc(F)cc1. The van der Waals surface area contributed by atoms with Crippen LogP contribution in [0.15, 0.2) is 78.9 Å². The van der Waals surface area contributed by atoms with Crippen LogP contribution in [0.3, 0.4) is 0 Å². The topological polar surface area (TPSA) is 49.4 Å². The molecule has 0 bridgehead atoms. The minimum atomic E-state index is -0.366. The number of amides is 2. The summed E-state index contributed by atoms with van der Waals surface area (Å²) in [6, 6.07) is 23.2. The summed E-state index contributed by atoms with van der Waals surface area (Å²) in [6.45, 7) is 1.18. The Hall–Kier alpha value is -3.47. The third kappa shape index (κ3) is 4.57. The molecule has 0 aliphatic carbocycles. The summed E-state index contributed by atoms with van der Waals surface area (Å²) < 4.78 is 13.0. The number of carbonyl (C=O) groups is 2. The van der Waals surface area contributed by atoms with E-state index in [0.29, 0.717) is 37.1 Å². The van der Waals surface area contributed by atoms with Crippen LogP contribution in [0.4, 0.5) is 4.39 Å². The Kier molecular flexibility index (Phi) is 5.89. The molecule has 1 heterocycles. The Morgan fingerprint density at radius 1 is 0.767 bits per heavy atom. The van der Waals surface area contributed by atoms with Crippen molar-refractivity contribution in [2.45, 2.75) is 18.9 Å². The molecule has 1 saturated heterocycles. The van der Waals surface area contributed by atoms with E-state index < -0.39 is 0 Å². The largest absolute Gasteiger partial charge is 0.349 e.